The Bertz CT molecular complexity index is 883. The first-order valence-corrected chi connectivity index (χ1v) is 7.19. The second-order valence-electron chi connectivity index (χ2n) is 5.59. The molecule has 0 saturated carbocycles. The van der Waals surface area contributed by atoms with E-state index in [1.165, 1.54) is 0 Å². The van der Waals surface area contributed by atoms with E-state index in [0.29, 0.717) is 16.5 Å². The van der Waals surface area contributed by atoms with E-state index >= 15 is 0 Å². The van der Waals surface area contributed by atoms with Gasteiger partial charge in [0.15, 0.2) is 0 Å². The summed E-state index contributed by atoms with van der Waals surface area (Å²) in [5.41, 5.74) is 5.62. The minimum atomic E-state index is -0.912. The number of pyridine rings is 1. The van der Waals surface area contributed by atoms with Crippen LogP contribution in [0, 0.1) is 20.8 Å². The molecule has 0 aliphatic carbocycles. The summed E-state index contributed by atoms with van der Waals surface area (Å²) >= 11 is 0. The molecule has 22 heavy (non-hydrogen) atoms. The molecular formula is C19H17NO2. The fourth-order valence-electron chi connectivity index (χ4n) is 2.77. The first-order valence-electron chi connectivity index (χ1n) is 7.19. The van der Waals surface area contributed by atoms with Gasteiger partial charge in [-0.05, 0) is 49.6 Å². The molecule has 0 bridgehead atoms. The molecular weight excluding hydrogens is 274 g/mol. The highest BCUT2D eigenvalue weighted by Gasteiger charge is 2.18. The second kappa shape index (κ2) is 5.26. The summed E-state index contributed by atoms with van der Waals surface area (Å²) in [7, 11) is 0. The average molecular weight is 291 g/mol. The third-order valence-corrected chi connectivity index (χ3v) is 4.10. The molecule has 3 heteroatoms. The van der Waals surface area contributed by atoms with E-state index in [0.717, 1.165) is 27.9 Å². The molecule has 1 heterocycles. The van der Waals surface area contributed by atoms with E-state index in [1.54, 1.807) is 0 Å². The summed E-state index contributed by atoms with van der Waals surface area (Å²) < 4.78 is 0. The Labute approximate surface area is 129 Å². The van der Waals surface area contributed by atoms with Crippen molar-refractivity contribution in [2.45, 2.75) is 20.8 Å². The maximum atomic E-state index is 11.8. The summed E-state index contributed by atoms with van der Waals surface area (Å²) in [5, 5.41) is 10.4. The molecule has 0 spiro atoms. The zero-order chi connectivity index (χ0) is 15.9. The largest absolute Gasteiger partial charge is 0.478 e. The van der Waals surface area contributed by atoms with Crippen molar-refractivity contribution in [3.63, 3.8) is 0 Å². The Kier molecular flexibility index (Phi) is 3.41. The van der Waals surface area contributed by atoms with Crippen LogP contribution in [0.1, 0.15) is 27.0 Å². The predicted octanol–water partition coefficient (Wildman–Crippen LogP) is 4.53. The van der Waals surface area contributed by atoms with Crippen molar-refractivity contribution < 1.29 is 9.90 Å². The van der Waals surface area contributed by atoms with Crippen LogP contribution in [0.25, 0.3) is 22.2 Å². The Morgan fingerprint density at radius 2 is 1.64 bits per heavy atom. The predicted molar refractivity (Wildman–Crippen MR) is 88.3 cm³/mol. The standard InChI is InChI=1S/C19H17NO2/c1-11-9-15-16(10-12(11)2)20-18(13(3)17(15)19(21)22)14-7-5-4-6-8-14/h4-10H,1-3H3,(H,21,22). The average Bonchev–Trinajstić information content (AvgIpc) is 2.49. The molecule has 1 N–H and O–H groups in total. The molecule has 3 rings (SSSR count). The van der Waals surface area contributed by atoms with Gasteiger partial charge in [0, 0.05) is 10.9 Å². The van der Waals surface area contributed by atoms with Crippen molar-refractivity contribution in [2.24, 2.45) is 0 Å². The number of hydrogen-bond acceptors (Lipinski definition) is 2. The van der Waals surface area contributed by atoms with Crippen molar-refractivity contribution in [3.05, 3.63) is 64.7 Å². The molecule has 3 nitrogen and oxygen atoms in total. The van der Waals surface area contributed by atoms with Gasteiger partial charge < -0.3 is 5.11 Å². The smallest absolute Gasteiger partial charge is 0.336 e. The summed E-state index contributed by atoms with van der Waals surface area (Å²) in [6.45, 7) is 5.83. The quantitative estimate of drug-likeness (QED) is 0.755. The lowest BCUT2D eigenvalue weighted by Gasteiger charge is -2.13. The SMILES string of the molecule is Cc1cc2nc(-c3ccccc3)c(C)c(C(=O)O)c2cc1C. The molecule has 0 unspecified atom stereocenters. The van der Waals surface area contributed by atoms with Crippen LogP contribution in [0.5, 0.6) is 0 Å². The molecule has 110 valence electrons. The third kappa shape index (κ3) is 2.25. The maximum Gasteiger partial charge on any atom is 0.336 e. The van der Waals surface area contributed by atoms with E-state index < -0.39 is 5.97 Å². The van der Waals surface area contributed by atoms with Gasteiger partial charge in [0.2, 0.25) is 0 Å². The number of aromatic carboxylic acids is 1. The molecule has 0 aliphatic heterocycles. The van der Waals surface area contributed by atoms with Crippen LogP contribution in [-0.4, -0.2) is 16.1 Å². The van der Waals surface area contributed by atoms with Gasteiger partial charge in [0.05, 0.1) is 16.8 Å². The number of fused-ring (bicyclic) bond motifs is 1. The molecule has 0 aliphatic rings. The Morgan fingerprint density at radius 3 is 2.27 bits per heavy atom. The lowest BCUT2D eigenvalue weighted by molar-refractivity contribution is 0.0698. The molecule has 0 atom stereocenters. The fraction of sp³-hybridized carbons (Fsp3) is 0.158. The van der Waals surface area contributed by atoms with Gasteiger partial charge in [-0.2, -0.15) is 0 Å². The number of benzene rings is 2. The topological polar surface area (TPSA) is 50.2 Å². The Balaban J connectivity index is 2.43. The van der Waals surface area contributed by atoms with E-state index in [4.69, 9.17) is 4.98 Å². The van der Waals surface area contributed by atoms with Gasteiger partial charge in [0.1, 0.15) is 0 Å². The zero-order valence-corrected chi connectivity index (χ0v) is 12.8. The van der Waals surface area contributed by atoms with Crippen molar-refractivity contribution in [3.8, 4) is 11.3 Å². The number of carboxylic acid groups (broad SMARTS) is 1. The van der Waals surface area contributed by atoms with Gasteiger partial charge in [-0.15, -0.1) is 0 Å². The van der Waals surface area contributed by atoms with E-state index in [2.05, 4.69) is 0 Å². The maximum absolute atomic E-state index is 11.8. The van der Waals surface area contributed by atoms with Crippen molar-refractivity contribution in [1.29, 1.82) is 0 Å². The van der Waals surface area contributed by atoms with Crippen LogP contribution in [0.3, 0.4) is 0 Å². The number of aromatic nitrogens is 1. The summed E-state index contributed by atoms with van der Waals surface area (Å²) in [6, 6.07) is 13.6. The van der Waals surface area contributed by atoms with Crippen LogP contribution < -0.4 is 0 Å². The number of aryl methyl sites for hydroxylation is 2. The van der Waals surface area contributed by atoms with E-state index in [9.17, 15) is 9.90 Å². The van der Waals surface area contributed by atoms with Gasteiger partial charge >= 0.3 is 5.97 Å². The summed E-state index contributed by atoms with van der Waals surface area (Å²) in [5.74, 6) is -0.912. The van der Waals surface area contributed by atoms with Crippen LogP contribution in [0.2, 0.25) is 0 Å². The van der Waals surface area contributed by atoms with Crippen LogP contribution >= 0.6 is 0 Å². The molecule has 1 aromatic heterocycles. The van der Waals surface area contributed by atoms with Crippen LogP contribution in [0.15, 0.2) is 42.5 Å². The number of nitrogens with zero attached hydrogens (tertiary/aromatic N) is 1. The van der Waals surface area contributed by atoms with E-state index in [1.807, 2.05) is 63.2 Å². The summed E-state index contributed by atoms with van der Waals surface area (Å²) in [4.78, 5) is 16.5. The summed E-state index contributed by atoms with van der Waals surface area (Å²) in [6.07, 6.45) is 0. The lowest BCUT2D eigenvalue weighted by atomic mass is 9.95. The van der Waals surface area contributed by atoms with Gasteiger partial charge in [-0.3, -0.25) is 0 Å². The molecule has 0 radical (unpaired) electrons. The molecule has 3 aromatic rings. The minimum absolute atomic E-state index is 0.340. The van der Waals surface area contributed by atoms with Gasteiger partial charge in [-0.25, -0.2) is 9.78 Å². The van der Waals surface area contributed by atoms with Crippen molar-refractivity contribution in [1.82, 2.24) is 4.98 Å². The first kappa shape index (κ1) is 14.3. The number of rotatable bonds is 2. The first-order chi connectivity index (χ1) is 10.5. The lowest BCUT2D eigenvalue weighted by Crippen LogP contribution is -2.05. The van der Waals surface area contributed by atoms with E-state index in [-0.39, 0.29) is 0 Å². The number of hydrogen-bond donors (Lipinski definition) is 1. The highest BCUT2D eigenvalue weighted by molar-refractivity contribution is 6.06. The molecule has 0 fully saturated rings. The Hall–Kier alpha value is -2.68. The molecule has 2 aromatic carbocycles. The van der Waals surface area contributed by atoms with Crippen molar-refractivity contribution >= 4 is 16.9 Å². The van der Waals surface area contributed by atoms with Crippen molar-refractivity contribution in [2.75, 3.05) is 0 Å². The molecule has 0 amide bonds. The van der Waals surface area contributed by atoms with Gasteiger partial charge in [-0.1, -0.05) is 30.3 Å². The highest BCUT2D eigenvalue weighted by Crippen LogP contribution is 2.31. The normalized spacial score (nSPS) is 10.9. The Morgan fingerprint density at radius 1 is 1.00 bits per heavy atom. The zero-order valence-electron chi connectivity index (χ0n) is 12.8. The highest BCUT2D eigenvalue weighted by atomic mass is 16.4. The number of carboxylic acids is 1. The third-order valence-electron chi connectivity index (χ3n) is 4.10. The second-order valence-corrected chi connectivity index (χ2v) is 5.59. The van der Waals surface area contributed by atoms with Crippen LogP contribution in [-0.2, 0) is 0 Å². The van der Waals surface area contributed by atoms with Gasteiger partial charge in [0.25, 0.3) is 0 Å². The fourth-order valence-corrected chi connectivity index (χ4v) is 2.77. The minimum Gasteiger partial charge on any atom is -0.478 e. The van der Waals surface area contributed by atoms with Crippen LogP contribution in [0.4, 0.5) is 0 Å². The molecule has 0 saturated heterocycles. The number of carbonyl (C=O) groups is 1. The monoisotopic (exact) mass is 291 g/mol.